The molecule has 1 aliphatic heterocycles. The summed E-state index contributed by atoms with van der Waals surface area (Å²) in [5.74, 6) is -0.0494. The smallest absolute Gasteiger partial charge is 0.410 e. The van der Waals surface area contributed by atoms with E-state index >= 15 is 0 Å². The molecule has 108 valence electrons. The first kappa shape index (κ1) is 14.2. The maximum Gasteiger partial charge on any atom is 0.410 e. The fraction of sp³-hybridized carbons (Fsp3) is 0.857. The average Bonchev–Trinajstić information content (AvgIpc) is 2.77. The number of carbonyl (C=O) groups excluding carboxylic acids is 1. The van der Waals surface area contributed by atoms with E-state index in [0.717, 1.165) is 19.3 Å². The molecule has 0 aromatic heterocycles. The molecular weight excluding hydrogens is 246 g/mol. The third-order valence-corrected chi connectivity index (χ3v) is 4.06. The van der Waals surface area contributed by atoms with Crippen LogP contribution in [0.25, 0.3) is 0 Å². The first-order valence-electron chi connectivity index (χ1n) is 6.99. The van der Waals surface area contributed by atoms with Crippen LogP contribution in [0, 0.1) is 11.8 Å². The summed E-state index contributed by atoms with van der Waals surface area (Å²) in [5.41, 5.74) is -0.539. The van der Waals surface area contributed by atoms with Gasteiger partial charge in [0, 0.05) is 12.6 Å². The molecule has 0 unspecified atom stereocenters. The number of amides is 1. The van der Waals surface area contributed by atoms with Crippen molar-refractivity contribution in [1.29, 1.82) is 0 Å². The number of carbonyl (C=O) groups is 2. The van der Waals surface area contributed by atoms with Gasteiger partial charge in [-0.2, -0.15) is 0 Å². The molecule has 0 aromatic carbocycles. The SMILES string of the molecule is CC(C)(C)OC(=O)N1C[C@@H]2CCC[C@@H]2[C@@H]1CC(=O)O. The van der Waals surface area contributed by atoms with Crippen molar-refractivity contribution in [2.45, 2.75) is 58.1 Å². The van der Waals surface area contributed by atoms with E-state index in [0.29, 0.717) is 18.4 Å². The Morgan fingerprint density at radius 1 is 1.32 bits per heavy atom. The van der Waals surface area contributed by atoms with Crippen molar-refractivity contribution < 1.29 is 19.4 Å². The molecule has 19 heavy (non-hydrogen) atoms. The molecule has 0 bridgehead atoms. The Morgan fingerprint density at radius 3 is 2.58 bits per heavy atom. The second kappa shape index (κ2) is 5.02. The van der Waals surface area contributed by atoms with Crippen LogP contribution in [-0.4, -0.2) is 40.3 Å². The zero-order chi connectivity index (χ0) is 14.2. The molecule has 5 heteroatoms. The predicted octanol–water partition coefficient (Wildman–Crippen LogP) is 2.50. The Labute approximate surface area is 113 Å². The number of carboxylic acids is 1. The summed E-state index contributed by atoms with van der Waals surface area (Å²) >= 11 is 0. The van der Waals surface area contributed by atoms with Gasteiger partial charge < -0.3 is 14.7 Å². The molecule has 0 aromatic rings. The Hall–Kier alpha value is -1.26. The van der Waals surface area contributed by atoms with Gasteiger partial charge in [0.1, 0.15) is 5.60 Å². The number of hydrogen-bond donors (Lipinski definition) is 1. The third kappa shape index (κ3) is 3.19. The fourth-order valence-corrected chi connectivity index (χ4v) is 3.39. The minimum Gasteiger partial charge on any atom is -0.481 e. The van der Waals surface area contributed by atoms with E-state index in [9.17, 15) is 9.59 Å². The molecule has 1 amide bonds. The number of hydrogen-bond acceptors (Lipinski definition) is 3. The Morgan fingerprint density at radius 2 is 2.00 bits per heavy atom. The van der Waals surface area contributed by atoms with Gasteiger partial charge in [-0.3, -0.25) is 4.79 Å². The number of carboxylic acid groups (broad SMARTS) is 1. The van der Waals surface area contributed by atoms with Crippen molar-refractivity contribution in [3.8, 4) is 0 Å². The monoisotopic (exact) mass is 269 g/mol. The van der Waals surface area contributed by atoms with E-state index in [4.69, 9.17) is 9.84 Å². The van der Waals surface area contributed by atoms with E-state index < -0.39 is 11.6 Å². The summed E-state index contributed by atoms with van der Waals surface area (Å²) in [5, 5.41) is 9.05. The lowest BCUT2D eigenvalue weighted by molar-refractivity contribution is -0.138. The second-order valence-corrected chi connectivity index (χ2v) is 6.65. The van der Waals surface area contributed by atoms with Crippen molar-refractivity contribution in [2.24, 2.45) is 11.8 Å². The van der Waals surface area contributed by atoms with Gasteiger partial charge in [0.15, 0.2) is 0 Å². The molecule has 0 spiro atoms. The summed E-state index contributed by atoms with van der Waals surface area (Å²) in [6.07, 6.45) is 2.93. The largest absolute Gasteiger partial charge is 0.481 e. The van der Waals surface area contributed by atoms with Crippen LogP contribution in [-0.2, 0) is 9.53 Å². The lowest BCUT2D eigenvalue weighted by Gasteiger charge is -2.29. The maximum atomic E-state index is 12.2. The van der Waals surface area contributed by atoms with Gasteiger partial charge in [0.2, 0.25) is 0 Å². The molecule has 1 saturated carbocycles. The van der Waals surface area contributed by atoms with Gasteiger partial charge in [-0.05, 0) is 45.4 Å². The van der Waals surface area contributed by atoms with E-state index in [1.165, 1.54) is 0 Å². The van der Waals surface area contributed by atoms with Gasteiger partial charge in [-0.1, -0.05) is 6.42 Å². The highest BCUT2D eigenvalue weighted by molar-refractivity contribution is 5.72. The Bertz CT molecular complexity index is 374. The molecule has 2 aliphatic rings. The average molecular weight is 269 g/mol. The van der Waals surface area contributed by atoms with Gasteiger partial charge in [0.05, 0.1) is 6.42 Å². The van der Waals surface area contributed by atoms with Crippen LogP contribution in [0.15, 0.2) is 0 Å². The number of rotatable bonds is 2. The zero-order valence-corrected chi connectivity index (χ0v) is 11.9. The summed E-state index contributed by atoms with van der Waals surface area (Å²) in [7, 11) is 0. The second-order valence-electron chi connectivity index (χ2n) is 6.65. The molecule has 3 atom stereocenters. The van der Waals surface area contributed by atoms with Crippen LogP contribution < -0.4 is 0 Å². The fourth-order valence-electron chi connectivity index (χ4n) is 3.39. The molecular formula is C14H23NO4. The predicted molar refractivity (Wildman–Crippen MR) is 69.8 cm³/mol. The first-order valence-corrected chi connectivity index (χ1v) is 6.99. The topological polar surface area (TPSA) is 66.8 Å². The number of fused-ring (bicyclic) bond motifs is 1. The van der Waals surface area contributed by atoms with E-state index in [1.54, 1.807) is 4.90 Å². The highest BCUT2D eigenvalue weighted by Crippen LogP contribution is 2.43. The number of aliphatic carboxylic acids is 1. The molecule has 2 rings (SSSR count). The third-order valence-electron chi connectivity index (χ3n) is 4.06. The zero-order valence-electron chi connectivity index (χ0n) is 11.9. The first-order chi connectivity index (χ1) is 8.78. The maximum absolute atomic E-state index is 12.2. The molecule has 1 saturated heterocycles. The summed E-state index contributed by atoms with van der Waals surface area (Å²) < 4.78 is 5.39. The highest BCUT2D eigenvalue weighted by Gasteiger charge is 2.47. The number of ether oxygens (including phenoxy) is 1. The lowest BCUT2D eigenvalue weighted by atomic mass is 9.92. The van der Waals surface area contributed by atoms with E-state index in [-0.39, 0.29) is 18.6 Å². The van der Waals surface area contributed by atoms with Gasteiger partial charge >= 0.3 is 12.1 Å². The minimum atomic E-state index is -0.842. The van der Waals surface area contributed by atoms with Gasteiger partial charge in [-0.15, -0.1) is 0 Å². The van der Waals surface area contributed by atoms with E-state index in [2.05, 4.69) is 0 Å². The van der Waals surface area contributed by atoms with Crippen molar-refractivity contribution in [2.75, 3.05) is 6.54 Å². The van der Waals surface area contributed by atoms with Crippen molar-refractivity contribution in [3.05, 3.63) is 0 Å². The molecule has 1 aliphatic carbocycles. The normalized spacial score (nSPS) is 30.3. The summed E-state index contributed by atoms with van der Waals surface area (Å²) in [6.45, 7) is 6.13. The van der Waals surface area contributed by atoms with Crippen molar-refractivity contribution in [3.63, 3.8) is 0 Å². The van der Waals surface area contributed by atoms with Crippen LogP contribution in [0.3, 0.4) is 0 Å². The highest BCUT2D eigenvalue weighted by atomic mass is 16.6. The molecule has 1 heterocycles. The Kier molecular flexibility index (Phi) is 3.74. The molecule has 1 N–H and O–H groups in total. The number of nitrogens with zero attached hydrogens (tertiary/aromatic N) is 1. The van der Waals surface area contributed by atoms with Crippen LogP contribution in [0.4, 0.5) is 4.79 Å². The minimum absolute atomic E-state index is 0.0282. The van der Waals surface area contributed by atoms with Crippen molar-refractivity contribution >= 4 is 12.1 Å². The van der Waals surface area contributed by atoms with Crippen LogP contribution in [0.1, 0.15) is 46.5 Å². The van der Waals surface area contributed by atoms with Crippen LogP contribution in [0.2, 0.25) is 0 Å². The number of likely N-dealkylation sites (tertiary alicyclic amines) is 1. The van der Waals surface area contributed by atoms with Gasteiger partial charge in [0.25, 0.3) is 0 Å². The molecule has 5 nitrogen and oxygen atoms in total. The van der Waals surface area contributed by atoms with Crippen LogP contribution in [0.5, 0.6) is 0 Å². The van der Waals surface area contributed by atoms with Gasteiger partial charge in [-0.25, -0.2) is 4.79 Å². The Balaban J connectivity index is 2.09. The van der Waals surface area contributed by atoms with Crippen molar-refractivity contribution in [1.82, 2.24) is 4.90 Å². The quantitative estimate of drug-likeness (QED) is 0.836. The van der Waals surface area contributed by atoms with E-state index in [1.807, 2.05) is 20.8 Å². The summed E-state index contributed by atoms with van der Waals surface area (Å²) in [6, 6.07) is -0.195. The van der Waals surface area contributed by atoms with Crippen LogP contribution >= 0.6 is 0 Å². The standard InChI is InChI=1S/C14H23NO4/c1-14(2,3)19-13(18)15-8-9-5-4-6-10(9)11(15)7-12(16)17/h9-11H,4-8H2,1-3H3,(H,16,17)/t9-,10-,11-/m0/s1. The molecule has 2 fully saturated rings. The summed E-state index contributed by atoms with van der Waals surface area (Å²) in [4.78, 5) is 24.9. The lowest BCUT2D eigenvalue weighted by Crippen LogP contribution is -2.42. The molecule has 0 radical (unpaired) electrons.